The second kappa shape index (κ2) is 7.78. The molecule has 74 valence electrons. The third kappa shape index (κ3) is 5.40. The minimum atomic E-state index is 0.629. The molecule has 0 bridgehead atoms. The number of aliphatic imine (C=N–C) groups is 1. The molecule has 13 heavy (non-hydrogen) atoms. The maximum absolute atomic E-state index is 4.19. The molecule has 0 N–H and O–H groups in total. The Bertz CT molecular complexity index is 199. The summed E-state index contributed by atoms with van der Waals surface area (Å²) in [5, 5.41) is 0. The van der Waals surface area contributed by atoms with Gasteiger partial charge in [-0.3, -0.25) is 4.99 Å². The molecule has 0 aromatic carbocycles. The van der Waals surface area contributed by atoms with E-state index in [0.29, 0.717) is 5.92 Å². The van der Waals surface area contributed by atoms with Crippen LogP contribution in [0.1, 0.15) is 40.5 Å². The molecule has 0 aliphatic rings. The Balaban J connectivity index is 4.18. The van der Waals surface area contributed by atoms with Gasteiger partial charge in [-0.05, 0) is 31.8 Å². The van der Waals surface area contributed by atoms with Crippen molar-refractivity contribution in [1.82, 2.24) is 0 Å². The number of rotatable bonds is 5. The Kier molecular flexibility index (Phi) is 7.27. The van der Waals surface area contributed by atoms with Gasteiger partial charge in [0.25, 0.3) is 0 Å². The summed E-state index contributed by atoms with van der Waals surface area (Å²) in [5.74, 6) is 0.629. The van der Waals surface area contributed by atoms with Crippen molar-refractivity contribution in [2.45, 2.75) is 40.5 Å². The monoisotopic (exact) mass is 179 g/mol. The van der Waals surface area contributed by atoms with E-state index < -0.39 is 0 Å². The molecule has 0 saturated heterocycles. The van der Waals surface area contributed by atoms with Crippen LogP contribution in [0.25, 0.3) is 0 Å². The molecule has 0 saturated carbocycles. The molecule has 0 aliphatic carbocycles. The van der Waals surface area contributed by atoms with Crippen molar-refractivity contribution in [3.05, 3.63) is 23.9 Å². The molecule has 0 aromatic rings. The van der Waals surface area contributed by atoms with E-state index in [4.69, 9.17) is 0 Å². The highest BCUT2D eigenvalue weighted by Gasteiger charge is 2.03. The predicted molar refractivity (Wildman–Crippen MR) is 61.1 cm³/mol. The van der Waals surface area contributed by atoms with Gasteiger partial charge in [0.1, 0.15) is 0 Å². The van der Waals surface area contributed by atoms with Gasteiger partial charge in [-0.25, -0.2) is 0 Å². The van der Waals surface area contributed by atoms with Crippen LogP contribution in [0.3, 0.4) is 0 Å². The fourth-order valence-corrected chi connectivity index (χ4v) is 1.30. The largest absolute Gasteiger partial charge is 0.265 e. The molecular formula is C12H21N. The molecule has 0 spiro atoms. The van der Waals surface area contributed by atoms with Crippen molar-refractivity contribution in [3.63, 3.8) is 0 Å². The zero-order chi connectivity index (χ0) is 10.1. The predicted octanol–water partition coefficient (Wildman–Crippen LogP) is 3.97. The van der Waals surface area contributed by atoms with Gasteiger partial charge in [0, 0.05) is 12.4 Å². The maximum atomic E-state index is 4.19. The van der Waals surface area contributed by atoms with Crippen molar-refractivity contribution in [2.24, 2.45) is 10.9 Å². The summed E-state index contributed by atoms with van der Waals surface area (Å²) in [6, 6.07) is 0. The van der Waals surface area contributed by atoms with Crippen molar-refractivity contribution in [1.29, 1.82) is 0 Å². The smallest absolute Gasteiger partial charge is 0.0299 e. The molecule has 0 heterocycles. The Morgan fingerprint density at radius 2 is 2.08 bits per heavy atom. The first-order chi connectivity index (χ1) is 6.26. The molecule has 1 heteroatoms. The first-order valence-electron chi connectivity index (χ1n) is 5.06. The van der Waals surface area contributed by atoms with Gasteiger partial charge in [0.2, 0.25) is 0 Å². The average Bonchev–Trinajstić information content (AvgIpc) is 2.13. The Hall–Kier alpha value is -0.850. The highest BCUT2D eigenvalue weighted by molar-refractivity contribution is 5.79. The zero-order valence-electron chi connectivity index (χ0n) is 9.25. The molecule has 1 nitrogen and oxygen atoms in total. The van der Waals surface area contributed by atoms with Crippen LogP contribution in [0.4, 0.5) is 0 Å². The highest BCUT2D eigenvalue weighted by Crippen LogP contribution is 2.14. The SMILES string of the molecule is C\C=C/N=C/C(=C\C)C(C)CCC. The molecular weight excluding hydrogens is 158 g/mol. The quantitative estimate of drug-likeness (QED) is 0.566. The third-order valence-electron chi connectivity index (χ3n) is 2.08. The second-order valence-electron chi connectivity index (χ2n) is 3.24. The lowest BCUT2D eigenvalue weighted by Crippen LogP contribution is -1.99. The summed E-state index contributed by atoms with van der Waals surface area (Å²) in [6.45, 7) is 8.51. The molecule has 0 radical (unpaired) electrons. The molecule has 0 aromatic heterocycles. The third-order valence-corrected chi connectivity index (χ3v) is 2.08. The summed E-state index contributed by atoms with van der Waals surface area (Å²) in [4.78, 5) is 4.19. The summed E-state index contributed by atoms with van der Waals surface area (Å²) in [7, 11) is 0. The van der Waals surface area contributed by atoms with E-state index in [9.17, 15) is 0 Å². The normalized spacial score (nSPS) is 15.8. The fourth-order valence-electron chi connectivity index (χ4n) is 1.30. The van der Waals surface area contributed by atoms with E-state index in [0.717, 1.165) is 0 Å². The molecule has 1 atom stereocenters. The van der Waals surface area contributed by atoms with Crippen molar-refractivity contribution >= 4 is 6.21 Å². The van der Waals surface area contributed by atoms with Gasteiger partial charge in [-0.2, -0.15) is 0 Å². The zero-order valence-corrected chi connectivity index (χ0v) is 9.25. The fraction of sp³-hybridized carbons (Fsp3) is 0.583. The second-order valence-corrected chi connectivity index (χ2v) is 3.24. The molecule has 0 fully saturated rings. The van der Waals surface area contributed by atoms with E-state index in [1.807, 2.05) is 25.4 Å². The minimum Gasteiger partial charge on any atom is -0.265 e. The molecule has 0 rings (SSSR count). The summed E-state index contributed by atoms with van der Waals surface area (Å²) in [6.07, 6.45) is 10.3. The van der Waals surface area contributed by atoms with Crippen molar-refractivity contribution in [3.8, 4) is 0 Å². The first kappa shape index (κ1) is 12.2. The lowest BCUT2D eigenvalue weighted by Gasteiger charge is -2.09. The van der Waals surface area contributed by atoms with Crippen LogP contribution in [0, 0.1) is 5.92 Å². The van der Waals surface area contributed by atoms with E-state index in [1.54, 1.807) is 0 Å². The summed E-state index contributed by atoms with van der Waals surface area (Å²) < 4.78 is 0. The maximum Gasteiger partial charge on any atom is 0.0299 e. The van der Waals surface area contributed by atoms with Gasteiger partial charge in [0.05, 0.1) is 0 Å². The summed E-state index contributed by atoms with van der Waals surface area (Å²) >= 11 is 0. The van der Waals surface area contributed by atoms with Gasteiger partial charge in [-0.15, -0.1) is 0 Å². The van der Waals surface area contributed by atoms with Crippen LogP contribution in [0.5, 0.6) is 0 Å². The molecule has 0 amide bonds. The van der Waals surface area contributed by atoms with Crippen LogP contribution in [0.15, 0.2) is 28.9 Å². The van der Waals surface area contributed by atoms with Gasteiger partial charge >= 0.3 is 0 Å². The van der Waals surface area contributed by atoms with E-state index in [-0.39, 0.29) is 0 Å². The van der Waals surface area contributed by atoms with Crippen LogP contribution in [-0.2, 0) is 0 Å². The standard InChI is InChI=1S/C12H21N/c1-5-8-11(4)12(7-3)10-13-9-6-2/h6-7,9-11H,5,8H2,1-4H3/b9-6-,12-7+,13-10+. The topological polar surface area (TPSA) is 12.4 Å². The Morgan fingerprint density at radius 3 is 2.54 bits per heavy atom. The minimum absolute atomic E-state index is 0.629. The molecule has 0 aliphatic heterocycles. The van der Waals surface area contributed by atoms with Gasteiger partial charge in [0.15, 0.2) is 0 Å². The summed E-state index contributed by atoms with van der Waals surface area (Å²) in [5.41, 5.74) is 1.33. The van der Waals surface area contributed by atoms with Crippen molar-refractivity contribution < 1.29 is 0 Å². The first-order valence-corrected chi connectivity index (χ1v) is 5.06. The van der Waals surface area contributed by atoms with E-state index in [2.05, 4.69) is 31.8 Å². The van der Waals surface area contributed by atoms with Crippen LogP contribution >= 0.6 is 0 Å². The molecule has 1 unspecified atom stereocenters. The van der Waals surface area contributed by atoms with Crippen molar-refractivity contribution in [2.75, 3.05) is 0 Å². The Morgan fingerprint density at radius 1 is 1.38 bits per heavy atom. The Labute approximate surface area is 82.3 Å². The van der Waals surface area contributed by atoms with Crippen LogP contribution in [0.2, 0.25) is 0 Å². The lowest BCUT2D eigenvalue weighted by molar-refractivity contribution is 0.620. The average molecular weight is 179 g/mol. The van der Waals surface area contributed by atoms with Gasteiger partial charge in [-0.1, -0.05) is 32.4 Å². The highest BCUT2D eigenvalue weighted by atomic mass is 14.7. The van der Waals surface area contributed by atoms with E-state index >= 15 is 0 Å². The van der Waals surface area contributed by atoms with Crippen LogP contribution in [-0.4, -0.2) is 6.21 Å². The van der Waals surface area contributed by atoms with Gasteiger partial charge < -0.3 is 0 Å². The number of allylic oxidation sites excluding steroid dienone is 3. The van der Waals surface area contributed by atoms with Crippen LogP contribution < -0.4 is 0 Å². The lowest BCUT2D eigenvalue weighted by atomic mass is 9.97. The number of hydrogen-bond acceptors (Lipinski definition) is 1. The number of nitrogens with zero attached hydrogens (tertiary/aromatic N) is 1. The number of hydrogen-bond donors (Lipinski definition) is 0. The van der Waals surface area contributed by atoms with E-state index in [1.165, 1.54) is 18.4 Å².